The first kappa shape index (κ1) is 13.2. The Kier molecular flexibility index (Phi) is 5.46. The van der Waals surface area contributed by atoms with Gasteiger partial charge in [-0.15, -0.1) is 0 Å². The lowest BCUT2D eigenvalue weighted by Gasteiger charge is -2.14. The molecule has 16 heavy (non-hydrogen) atoms. The maximum atomic E-state index is 9.67. The summed E-state index contributed by atoms with van der Waals surface area (Å²) in [6.07, 6.45) is -0.156. The minimum Gasteiger partial charge on any atom is -0.368 e. The summed E-state index contributed by atoms with van der Waals surface area (Å²) >= 11 is 0. The van der Waals surface area contributed by atoms with Crippen LogP contribution in [-0.4, -0.2) is 43.5 Å². The van der Waals surface area contributed by atoms with Gasteiger partial charge in [-0.25, -0.2) is 0 Å². The van der Waals surface area contributed by atoms with Crippen LogP contribution in [-0.2, 0) is 11.2 Å². The molecular weight excluding hydrogens is 202 g/mol. The van der Waals surface area contributed by atoms with Crippen LogP contribution in [0.5, 0.6) is 0 Å². The Hall–Kier alpha value is -0.900. The van der Waals surface area contributed by atoms with E-state index in [4.69, 9.17) is 4.74 Å². The molecule has 0 radical (unpaired) electrons. The van der Waals surface area contributed by atoms with Crippen molar-refractivity contribution in [2.75, 3.05) is 27.2 Å². The number of rotatable bonds is 6. The monoisotopic (exact) mass is 223 g/mol. The zero-order chi connectivity index (χ0) is 12.0. The first-order chi connectivity index (χ1) is 7.58. The lowest BCUT2D eigenvalue weighted by Crippen LogP contribution is -2.23. The molecule has 0 amide bonds. The van der Waals surface area contributed by atoms with E-state index >= 15 is 0 Å². The Morgan fingerprint density at radius 1 is 1.38 bits per heavy atom. The van der Waals surface area contributed by atoms with Crippen LogP contribution in [0.3, 0.4) is 0 Å². The normalized spacial score (nSPS) is 13.1. The molecule has 0 heterocycles. The van der Waals surface area contributed by atoms with E-state index in [0.29, 0.717) is 13.0 Å². The second kappa shape index (κ2) is 6.63. The van der Waals surface area contributed by atoms with Gasteiger partial charge >= 0.3 is 0 Å². The summed E-state index contributed by atoms with van der Waals surface area (Å²) in [6.45, 7) is 3.42. The molecule has 3 heteroatoms. The molecule has 3 nitrogen and oxygen atoms in total. The van der Waals surface area contributed by atoms with Crippen LogP contribution >= 0.6 is 0 Å². The summed E-state index contributed by atoms with van der Waals surface area (Å²) in [7, 11) is 3.96. The summed E-state index contributed by atoms with van der Waals surface area (Å²) < 4.78 is 5.31. The average Bonchev–Trinajstić information content (AvgIpc) is 2.16. The Morgan fingerprint density at radius 2 is 2.12 bits per heavy atom. The second-order valence-corrected chi connectivity index (χ2v) is 4.32. The van der Waals surface area contributed by atoms with Crippen molar-refractivity contribution in [1.82, 2.24) is 4.90 Å². The third-order valence-electron chi connectivity index (χ3n) is 2.34. The maximum Gasteiger partial charge on any atom is 0.158 e. The van der Waals surface area contributed by atoms with Crippen molar-refractivity contribution in [2.45, 2.75) is 19.6 Å². The zero-order valence-corrected chi connectivity index (χ0v) is 10.3. The van der Waals surface area contributed by atoms with Crippen molar-refractivity contribution in [3.05, 3.63) is 35.4 Å². The van der Waals surface area contributed by atoms with E-state index in [-0.39, 0.29) is 0 Å². The van der Waals surface area contributed by atoms with Gasteiger partial charge in [-0.3, -0.25) is 0 Å². The molecule has 0 saturated carbocycles. The predicted molar refractivity (Wildman–Crippen MR) is 65.4 cm³/mol. The molecule has 1 rings (SSSR count). The van der Waals surface area contributed by atoms with Gasteiger partial charge < -0.3 is 14.7 Å². The van der Waals surface area contributed by atoms with Crippen molar-refractivity contribution in [2.24, 2.45) is 0 Å². The smallest absolute Gasteiger partial charge is 0.158 e. The molecule has 0 aliphatic rings. The molecule has 0 bridgehead atoms. The number of ether oxygens (including phenoxy) is 1. The van der Waals surface area contributed by atoms with E-state index in [1.165, 1.54) is 5.56 Å². The molecule has 0 aliphatic carbocycles. The molecule has 1 unspecified atom stereocenters. The number of nitrogens with zero attached hydrogens (tertiary/aromatic N) is 1. The van der Waals surface area contributed by atoms with Crippen molar-refractivity contribution in [3.8, 4) is 0 Å². The molecule has 1 N–H and O–H groups in total. The topological polar surface area (TPSA) is 32.7 Å². The van der Waals surface area contributed by atoms with E-state index in [9.17, 15) is 5.11 Å². The highest BCUT2D eigenvalue weighted by molar-refractivity contribution is 5.22. The minimum absolute atomic E-state index is 0.551. The van der Waals surface area contributed by atoms with Crippen LogP contribution < -0.4 is 0 Å². The predicted octanol–water partition coefficient (Wildman–Crippen LogP) is 1.43. The fourth-order valence-corrected chi connectivity index (χ4v) is 1.47. The quantitative estimate of drug-likeness (QED) is 0.741. The molecule has 0 aromatic heterocycles. The van der Waals surface area contributed by atoms with Gasteiger partial charge in [0.1, 0.15) is 0 Å². The Labute approximate surface area is 97.7 Å². The van der Waals surface area contributed by atoms with E-state index in [2.05, 4.69) is 6.07 Å². The largest absolute Gasteiger partial charge is 0.368 e. The van der Waals surface area contributed by atoms with Gasteiger partial charge in [0.15, 0.2) is 6.29 Å². The highest BCUT2D eigenvalue weighted by atomic mass is 16.6. The highest BCUT2D eigenvalue weighted by Crippen LogP contribution is 2.07. The number of aryl methyl sites for hydroxylation is 1. The third kappa shape index (κ3) is 5.26. The molecule has 1 aromatic carbocycles. The molecule has 90 valence electrons. The van der Waals surface area contributed by atoms with Gasteiger partial charge in [0.05, 0.1) is 6.61 Å². The summed E-state index contributed by atoms with van der Waals surface area (Å²) in [5.74, 6) is 0. The van der Waals surface area contributed by atoms with E-state index in [1.54, 1.807) is 0 Å². The SMILES string of the molecule is Cc1cccc(CC(O)OCCN(C)C)c1. The van der Waals surface area contributed by atoms with Crippen molar-refractivity contribution in [3.63, 3.8) is 0 Å². The van der Waals surface area contributed by atoms with Gasteiger partial charge in [-0.05, 0) is 26.6 Å². The van der Waals surface area contributed by atoms with Crippen LogP contribution in [0.25, 0.3) is 0 Å². The van der Waals surface area contributed by atoms with E-state index in [0.717, 1.165) is 12.1 Å². The Balaban J connectivity index is 2.31. The molecule has 0 aliphatic heterocycles. The number of aliphatic hydroxyl groups excluding tert-OH is 1. The lowest BCUT2D eigenvalue weighted by molar-refractivity contribution is -0.0996. The van der Waals surface area contributed by atoms with Gasteiger partial charge in [0.2, 0.25) is 0 Å². The third-order valence-corrected chi connectivity index (χ3v) is 2.34. The molecule has 1 aromatic rings. The fourth-order valence-electron chi connectivity index (χ4n) is 1.47. The minimum atomic E-state index is -0.707. The fraction of sp³-hybridized carbons (Fsp3) is 0.538. The molecule has 0 spiro atoms. The van der Waals surface area contributed by atoms with Crippen LogP contribution in [0.2, 0.25) is 0 Å². The van der Waals surface area contributed by atoms with Gasteiger partial charge in [0.25, 0.3) is 0 Å². The average molecular weight is 223 g/mol. The van der Waals surface area contributed by atoms with Crippen LogP contribution in [0, 0.1) is 6.92 Å². The lowest BCUT2D eigenvalue weighted by atomic mass is 10.1. The number of likely N-dealkylation sites (N-methyl/N-ethyl adjacent to an activating group) is 1. The zero-order valence-electron chi connectivity index (χ0n) is 10.3. The summed E-state index contributed by atoms with van der Waals surface area (Å²) in [5.41, 5.74) is 2.32. The Morgan fingerprint density at radius 3 is 2.75 bits per heavy atom. The number of aliphatic hydroxyl groups is 1. The molecule has 0 fully saturated rings. The Bertz CT molecular complexity index is 313. The summed E-state index contributed by atoms with van der Waals surface area (Å²) in [4.78, 5) is 2.03. The van der Waals surface area contributed by atoms with Crippen LogP contribution in [0.4, 0.5) is 0 Å². The van der Waals surface area contributed by atoms with Crippen molar-refractivity contribution < 1.29 is 9.84 Å². The van der Waals surface area contributed by atoms with Gasteiger partial charge in [0, 0.05) is 13.0 Å². The first-order valence-electron chi connectivity index (χ1n) is 5.58. The second-order valence-electron chi connectivity index (χ2n) is 4.32. The van der Waals surface area contributed by atoms with E-state index in [1.807, 2.05) is 44.1 Å². The first-order valence-corrected chi connectivity index (χ1v) is 5.58. The van der Waals surface area contributed by atoms with E-state index < -0.39 is 6.29 Å². The van der Waals surface area contributed by atoms with Crippen molar-refractivity contribution in [1.29, 1.82) is 0 Å². The molecule has 0 saturated heterocycles. The van der Waals surface area contributed by atoms with Crippen molar-refractivity contribution >= 4 is 0 Å². The summed E-state index contributed by atoms with van der Waals surface area (Å²) in [5, 5.41) is 9.67. The highest BCUT2D eigenvalue weighted by Gasteiger charge is 2.05. The standard InChI is InChI=1S/C13H21NO2/c1-11-5-4-6-12(9-11)10-13(15)16-8-7-14(2)3/h4-6,9,13,15H,7-8,10H2,1-3H3. The van der Waals surface area contributed by atoms with Crippen LogP contribution in [0.1, 0.15) is 11.1 Å². The number of hydrogen-bond acceptors (Lipinski definition) is 3. The maximum absolute atomic E-state index is 9.67. The molecule has 1 atom stereocenters. The van der Waals surface area contributed by atoms with Gasteiger partial charge in [-0.1, -0.05) is 29.8 Å². The van der Waals surface area contributed by atoms with Gasteiger partial charge in [-0.2, -0.15) is 0 Å². The number of benzene rings is 1. The number of hydrogen-bond donors (Lipinski definition) is 1. The molecular formula is C13H21NO2. The summed E-state index contributed by atoms with van der Waals surface area (Å²) in [6, 6.07) is 8.12. The van der Waals surface area contributed by atoms with Crippen LogP contribution in [0.15, 0.2) is 24.3 Å².